The zero-order valence-electron chi connectivity index (χ0n) is 9.84. The van der Waals surface area contributed by atoms with E-state index in [-0.39, 0.29) is 12.0 Å². The molecule has 0 aliphatic carbocycles. The van der Waals surface area contributed by atoms with Gasteiger partial charge in [-0.1, -0.05) is 30.3 Å². The van der Waals surface area contributed by atoms with Gasteiger partial charge in [-0.15, -0.1) is 0 Å². The molecule has 1 saturated heterocycles. The van der Waals surface area contributed by atoms with Crippen molar-refractivity contribution in [1.82, 2.24) is 4.90 Å². The summed E-state index contributed by atoms with van der Waals surface area (Å²) in [6, 6.07) is 10.1. The van der Waals surface area contributed by atoms with Crippen molar-refractivity contribution in [2.75, 3.05) is 26.2 Å². The summed E-state index contributed by atoms with van der Waals surface area (Å²) >= 11 is 0. The first-order chi connectivity index (χ1) is 8.31. The Balaban J connectivity index is 2.02. The van der Waals surface area contributed by atoms with Crippen molar-refractivity contribution in [2.45, 2.75) is 12.3 Å². The molecular weight excluding hydrogens is 216 g/mol. The lowest BCUT2D eigenvalue weighted by atomic mass is 9.98. The Morgan fingerprint density at radius 1 is 1.35 bits per heavy atom. The summed E-state index contributed by atoms with van der Waals surface area (Å²) in [6.07, 6.45) is 0.684. The van der Waals surface area contributed by atoms with Gasteiger partial charge in [-0.2, -0.15) is 0 Å². The average Bonchev–Trinajstić information content (AvgIpc) is 2.39. The number of hydrogen-bond donors (Lipinski definition) is 1. The molecule has 1 aromatic rings. The molecule has 17 heavy (non-hydrogen) atoms. The highest BCUT2D eigenvalue weighted by Gasteiger charge is 2.23. The number of nitrogens with zero attached hydrogens (tertiary/aromatic N) is 1. The molecule has 1 aromatic carbocycles. The fraction of sp³-hybridized carbons (Fsp3) is 0.462. The number of rotatable bonds is 4. The predicted octanol–water partition coefficient (Wildman–Crippen LogP) is 1.57. The van der Waals surface area contributed by atoms with E-state index >= 15 is 0 Å². The van der Waals surface area contributed by atoms with E-state index in [1.165, 1.54) is 5.56 Å². The molecule has 0 aromatic heterocycles. The lowest BCUT2D eigenvalue weighted by Crippen LogP contribution is -2.41. The van der Waals surface area contributed by atoms with Crippen LogP contribution in [0.25, 0.3) is 0 Å². The van der Waals surface area contributed by atoms with Crippen LogP contribution in [0.15, 0.2) is 30.3 Å². The first kappa shape index (κ1) is 11.9. The molecule has 0 bridgehead atoms. The summed E-state index contributed by atoms with van der Waals surface area (Å²) in [5.74, 6) is 0.182. The summed E-state index contributed by atoms with van der Waals surface area (Å²) in [7, 11) is 0. The van der Waals surface area contributed by atoms with Gasteiger partial charge in [0, 0.05) is 25.6 Å². The Hall–Kier alpha value is -1.55. The first-order valence-corrected chi connectivity index (χ1v) is 5.98. The van der Waals surface area contributed by atoms with Crippen LogP contribution in [0.1, 0.15) is 17.9 Å². The van der Waals surface area contributed by atoms with E-state index in [1.54, 1.807) is 4.90 Å². The fourth-order valence-electron chi connectivity index (χ4n) is 2.07. The normalized spacial score (nSPS) is 17.7. The quantitative estimate of drug-likeness (QED) is 0.860. The molecule has 1 unspecified atom stereocenters. The molecule has 0 spiro atoms. The van der Waals surface area contributed by atoms with Crippen LogP contribution >= 0.6 is 0 Å². The van der Waals surface area contributed by atoms with Gasteiger partial charge in [0.25, 0.3) is 0 Å². The predicted molar refractivity (Wildman–Crippen MR) is 65.8 cm³/mol. The number of amides is 1. The fourth-order valence-corrected chi connectivity index (χ4v) is 2.07. The van der Waals surface area contributed by atoms with Crippen LogP contribution in [0.3, 0.4) is 0 Å². The Kier molecular flexibility index (Phi) is 3.98. The van der Waals surface area contributed by atoms with Crippen LogP contribution in [-0.2, 0) is 4.74 Å². The number of hydrogen-bond acceptors (Lipinski definition) is 3. The molecular formula is C13H18N2O2. The maximum absolute atomic E-state index is 11.5. The summed E-state index contributed by atoms with van der Waals surface area (Å²) < 4.78 is 5.02. The van der Waals surface area contributed by atoms with Gasteiger partial charge in [-0.25, -0.2) is 4.79 Å². The molecule has 2 rings (SSSR count). The van der Waals surface area contributed by atoms with Gasteiger partial charge in [0.05, 0.1) is 6.61 Å². The maximum Gasteiger partial charge on any atom is 0.409 e. The van der Waals surface area contributed by atoms with Gasteiger partial charge in [-0.3, -0.25) is 0 Å². The summed E-state index contributed by atoms with van der Waals surface area (Å²) in [5, 5.41) is 0. The molecule has 4 heteroatoms. The van der Waals surface area contributed by atoms with Crippen LogP contribution < -0.4 is 5.73 Å². The highest BCUT2D eigenvalue weighted by molar-refractivity contribution is 5.68. The highest BCUT2D eigenvalue weighted by Crippen LogP contribution is 2.17. The van der Waals surface area contributed by atoms with Crippen LogP contribution in [0, 0.1) is 0 Å². The molecule has 1 atom stereocenters. The SMILES string of the molecule is NCC(CN1CCCOC1=O)c1ccccc1. The van der Waals surface area contributed by atoms with Crippen molar-refractivity contribution in [3.05, 3.63) is 35.9 Å². The van der Waals surface area contributed by atoms with E-state index in [2.05, 4.69) is 0 Å². The third-order valence-electron chi connectivity index (χ3n) is 3.05. The lowest BCUT2D eigenvalue weighted by Gasteiger charge is -2.29. The van der Waals surface area contributed by atoms with Crippen LogP contribution in [-0.4, -0.2) is 37.2 Å². The Morgan fingerprint density at radius 3 is 2.76 bits per heavy atom. The molecule has 0 radical (unpaired) electrons. The van der Waals surface area contributed by atoms with Gasteiger partial charge in [0.1, 0.15) is 0 Å². The lowest BCUT2D eigenvalue weighted by molar-refractivity contribution is 0.0707. The number of cyclic esters (lactones) is 1. The largest absolute Gasteiger partial charge is 0.449 e. The number of ether oxygens (including phenoxy) is 1. The summed E-state index contributed by atoms with van der Waals surface area (Å²) in [6.45, 7) is 2.48. The molecule has 92 valence electrons. The molecule has 1 heterocycles. The van der Waals surface area contributed by atoms with E-state index in [4.69, 9.17) is 10.5 Å². The van der Waals surface area contributed by atoms with Gasteiger partial charge >= 0.3 is 6.09 Å². The third kappa shape index (κ3) is 2.97. The second kappa shape index (κ2) is 5.68. The average molecular weight is 234 g/mol. The highest BCUT2D eigenvalue weighted by atomic mass is 16.6. The van der Waals surface area contributed by atoms with Gasteiger partial charge in [0.15, 0.2) is 0 Å². The first-order valence-electron chi connectivity index (χ1n) is 5.98. The van der Waals surface area contributed by atoms with Crippen LogP contribution in [0.5, 0.6) is 0 Å². The van der Waals surface area contributed by atoms with Crippen molar-refractivity contribution in [3.8, 4) is 0 Å². The van der Waals surface area contributed by atoms with Crippen molar-refractivity contribution < 1.29 is 9.53 Å². The summed E-state index contributed by atoms with van der Waals surface area (Å²) in [5.41, 5.74) is 6.96. The zero-order valence-corrected chi connectivity index (χ0v) is 9.84. The van der Waals surface area contributed by atoms with E-state index < -0.39 is 0 Å². The minimum absolute atomic E-state index is 0.182. The summed E-state index contributed by atoms with van der Waals surface area (Å²) in [4.78, 5) is 13.3. The monoisotopic (exact) mass is 234 g/mol. The van der Waals surface area contributed by atoms with Gasteiger partial charge in [0.2, 0.25) is 0 Å². The van der Waals surface area contributed by atoms with Crippen molar-refractivity contribution in [2.24, 2.45) is 5.73 Å². The van der Waals surface area contributed by atoms with E-state index in [9.17, 15) is 4.79 Å². The number of nitrogens with two attached hydrogens (primary N) is 1. The molecule has 4 nitrogen and oxygen atoms in total. The van der Waals surface area contributed by atoms with E-state index in [0.717, 1.165) is 13.0 Å². The van der Waals surface area contributed by atoms with Crippen molar-refractivity contribution in [3.63, 3.8) is 0 Å². The van der Waals surface area contributed by atoms with Crippen molar-refractivity contribution in [1.29, 1.82) is 0 Å². The van der Waals surface area contributed by atoms with Crippen LogP contribution in [0.4, 0.5) is 4.79 Å². The Labute approximate surface area is 101 Å². The van der Waals surface area contributed by atoms with Gasteiger partial charge < -0.3 is 15.4 Å². The Bertz CT molecular complexity index is 367. The molecule has 1 aliphatic rings. The molecule has 2 N–H and O–H groups in total. The van der Waals surface area contributed by atoms with Crippen molar-refractivity contribution >= 4 is 6.09 Å². The second-order valence-corrected chi connectivity index (χ2v) is 4.26. The number of carbonyl (C=O) groups excluding carboxylic acids is 1. The minimum atomic E-state index is -0.217. The van der Waals surface area contributed by atoms with E-state index in [1.807, 2.05) is 30.3 Å². The smallest absolute Gasteiger partial charge is 0.409 e. The number of benzene rings is 1. The number of carbonyl (C=O) groups is 1. The maximum atomic E-state index is 11.5. The Morgan fingerprint density at radius 2 is 2.12 bits per heavy atom. The van der Waals surface area contributed by atoms with E-state index in [0.29, 0.717) is 19.7 Å². The molecule has 1 fully saturated rings. The second-order valence-electron chi connectivity index (χ2n) is 4.26. The topological polar surface area (TPSA) is 55.6 Å². The van der Waals surface area contributed by atoms with Crippen LogP contribution in [0.2, 0.25) is 0 Å². The standard InChI is InChI=1S/C13H18N2O2/c14-9-12(11-5-2-1-3-6-11)10-15-7-4-8-17-13(15)16/h1-3,5-6,12H,4,7-10,14H2. The zero-order chi connectivity index (χ0) is 12.1. The third-order valence-corrected chi connectivity index (χ3v) is 3.05. The molecule has 1 amide bonds. The van der Waals surface area contributed by atoms with Gasteiger partial charge in [-0.05, 0) is 12.0 Å². The molecule has 0 saturated carbocycles. The molecule has 1 aliphatic heterocycles. The minimum Gasteiger partial charge on any atom is -0.449 e.